The molecule has 0 aliphatic carbocycles. The fraction of sp³-hybridized carbons (Fsp3) is 0.438. The average molecular weight is 303 g/mol. The second-order valence-corrected chi connectivity index (χ2v) is 5.62. The molecule has 2 heterocycles. The summed E-state index contributed by atoms with van der Waals surface area (Å²) in [5.41, 5.74) is 1.80. The number of aromatic nitrogens is 2. The van der Waals surface area contributed by atoms with Crippen LogP contribution in [0.4, 0.5) is 0 Å². The van der Waals surface area contributed by atoms with Crippen LogP contribution in [0.15, 0.2) is 24.4 Å². The Balaban J connectivity index is 2.41. The van der Waals surface area contributed by atoms with Gasteiger partial charge in [-0.05, 0) is 24.5 Å². The number of nitrogens with zero attached hydrogens (tertiary/aromatic N) is 2. The van der Waals surface area contributed by atoms with Crippen LogP contribution in [0.3, 0.4) is 0 Å². The van der Waals surface area contributed by atoms with Gasteiger partial charge in [-0.25, -0.2) is 9.78 Å². The second-order valence-electron chi connectivity index (χ2n) is 5.62. The van der Waals surface area contributed by atoms with Crippen LogP contribution in [-0.4, -0.2) is 32.4 Å². The molecule has 118 valence electrons. The van der Waals surface area contributed by atoms with Gasteiger partial charge in [-0.3, -0.25) is 9.20 Å². The van der Waals surface area contributed by atoms with E-state index < -0.39 is 17.9 Å². The summed E-state index contributed by atoms with van der Waals surface area (Å²) >= 11 is 0. The molecule has 0 saturated heterocycles. The smallest absolute Gasteiger partial charge is 0.326 e. The molecule has 0 spiro atoms. The van der Waals surface area contributed by atoms with Gasteiger partial charge in [-0.2, -0.15) is 0 Å². The van der Waals surface area contributed by atoms with E-state index in [-0.39, 0.29) is 5.92 Å². The van der Waals surface area contributed by atoms with E-state index in [0.29, 0.717) is 23.5 Å². The van der Waals surface area contributed by atoms with Gasteiger partial charge in [0.15, 0.2) is 0 Å². The highest BCUT2D eigenvalue weighted by Gasteiger charge is 2.27. The number of carbonyl (C=O) groups excluding carboxylic acids is 1. The number of aryl methyl sites for hydroxylation is 1. The molecule has 2 aromatic rings. The quantitative estimate of drug-likeness (QED) is 0.856. The monoisotopic (exact) mass is 303 g/mol. The van der Waals surface area contributed by atoms with Crippen molar-refractivity contribution in [2.75, 3.05) is 0 Å². The Morgan fingerprint density at radius 1 is 1.36 bits per heavy atom. The highest BCUT2D eigenvalue weighted by atomic mass is 16.4. The second kappa shape index (κ2) is 6.60. The maximum atomic E-state index is 12.6. The van der Waals surface area contributed by atoms with Gasteiger partial charge in [-0.15, -0.1) is 0 Å². The van der Waals surface area contributed by atoms with E-state index in [2.05, 4.69) is 10.3 Å². The molecule has 1 amide bonds. The van der Waals surface area contributed by atoms with Crippen molar-refractivity contribution in [2.24, 2.45) is 5.92 Å². The highest BCUT2D eigenvalue weighted by molar-refractivity contribution is 5.97. The van der Waals surface area contributed by atoms with Crippen molar-refractivity contribution in [3.63, 3.8) is 0 Å². The number of imidazole rings is 1. The van der Waals surface area contributed by atoms with Crippen molar-refractivity contribution < 1.29 is 14.7 Å². The number of carboxylic acids is 1. The topological polar surface area (TPSA) is 83.7 Å². The summed E-state index contributed by atoms with van der Waals surface area (Å²) in [5.74, 6) is -1.63. The average Bonchev–Trinajstić information content (AvgIpc) is 2.82. The summed E-state index contributed by atoms with van der Waals surface area (Å²) < 4.78 is 1.71. The molecular formula is C16H21N3O3. The lowest BCUT2D eigenvalue weighted by atomic mass is 10.0. The molecule has 6 heteroatoms. The number of amides is 1. The van der Waals surface area contributed by atoms with E-state index in [9.17, 15) is 14.7 Å². The van der Waals surface area contributed by atoms with Crippen LogP contribution in [-0.2, 0) is 11.2 Å². The Kier molecular flexibility index (Phi) is 4.80. The summed E-state index contributed by atoms with van der Waals surface area (Å²) in [6.45, 7) is 5.54. The summed E-state index contributed by atoms with van der Waals surface area (Å²) in [5, 5.41) is 11.8. The van der Waals surface area contributed by atoms with Gasteiger partial charge in [-0.1, -0.05) is 33.3 Å². The molecule has 0 aliphatic rings. The van der Waals surface area contributed by atoms with Crippen molar-refractivity contribution in [1.29, 1.82) is 0 Å². The van der Waals surface area contributed by atoms with Crippen LogP contribution in [0.25, 0.3) is 5.65 Å². The first-order valence-electron chi connectivity index (χ1n) is 7.45. The zero-order valence-electron chi connectivity index (χ0n) is 13.0. The van der Waals surface area contributed by atoms with E-state index in [1.165, 1.54) is 0 Å². The number of rotatable bonds is 6. The molecule has 0 saturated carbocycles. The molecule has 2 N–H and O–H groups in total. The number of fused-ring (bicyclic) bond motifs is 1. The normalized spacial score (nSPS) is 12.5. The SMILES string of the molecule is CCCc1nc2ccccn2c1C(=O)NC(C(=O)O)C(C)C. The van der Waals surface area contributed by atoms with Crippen LogP contribution >= 0.6 is 0 Å². The lowest BCUT2D eigenvalue weighted by Gasteiger charge is -2.18. The van der Waals surface area contributed by atoms with Gasteiger partial charge in [0, 0.05) is 6.20 Å². The summed E-state index contributed by atoms with van der Waals surface area (Å²) in [4.78, 5) is 28.4. The standard InChI is InChI=1S/C16H21N3O3/c1-4-7-11-14(19-9-6-5-8-12(19)17-11)15(20)18-13(10(2)3)16(21)22/h5-6,8-10,13H,4,7H2,1-3H3,(H,18,20)(H,21,22). The molecule has 0 aromatic carbocycles. The van der Waals surface area contributed by atoms with Gasteiger partial charge >= 0.3 is 5.97 Å². The van der Waals surface area contributed by atoms with E-state index in [0.717, 1.165) is 6.42 Å². The third-order valence-corrected chi connectivity index (χ3v) is 3.52. The highest BCUT2D eigenvalue weighted by Crippen LogP contribution is 2.15. The van der Waals surface area contributed by atoms with Gasteiger partial charge in [0.05, 0.1) is 5.69 Å². The first kappa shape index (κ1) is 16.0. The zero-order chi connectivity index (χ0) is 16.3. The largest absolute Gasteiger partial charge is 0.480 e. The molecule has 0 fully saturated rings. The lowest BCUT2D eigenvalue weighted by molar-refractivity contribution is -0.140. The molecule has 0 aliphatic heterocycles. The zero-order valence-corrected chi connectivity index (χ0v) is 13.0. The van der Waals surface area contributed by atoms with Crippen LogP contribution in [0, 0.1) is 5.92 Å². The molecule has 2 rings (SSSR count). The van der Waals surface area contributed by atoms with Crippen LogP contribution in [0.1, 0.15) is 43.4 Å². The van der Waals surface area contributed by atoms with Crippen molar-refractivity contribution in [2.45, 2.75) is 39.7 Å². The number of hydrogen-bond donors (Lipinski definition) is 2. The summed E-state index contributed by atoms with van der Waals surface area (Å²) in [7, 11) is 0. The molecular weight excluding hydrogens is 282 g/mol. The van der Waals surface area contributed by atoms with Crippen LogP contribution in [0.5, 0.6) is 0 Å². The third kappa shape index (κ3) is 3.10. The van der Waals surface area contributed by atoms with Crippen molar-refractivity contribution in [3.05, 3.63) is 35.8 Å². The maximum absolute atomic E-state index is 12.6. The van der Waals surface area contributed by atoms with Crippen LogP contribution in [0.2, 0.25) is 0 Å². The van der Waals surface area contributed by atoms with Gasteiger partial charge < -0.3 is 10.4 Å². The molecule has 6 nitrogen and oxygen atoms in total. The first-order valence-corrected chi connectivity index (χ1v) is 7.45. The van der Waals surface area contributed by atoms with Crippen LogP contribution < -0.4 is 5.32 Å². The molecule has 1 atom stereocenters. The summed E-state index contributed by atoms with van der Waals surface area (Å²) in [6.07, 6.45) is 3.29. The van der Waals surface area contributed by atoms with Gasteiger partial charge in [0.2, 0.25) is 0 Å². The minimum Gasteiger partial charge on any atom is -0.480 e. The fourth-order valence-corrected chi connectivity index (χ4v) is 2.42. The minimum atomic E-state index is -1.03. The van der Waals surface area contributed by atoms with E-state index in [1.807, 2.05) is 25.1 Å². The van der Waals surface area contributed by atoms with E-state index in [4.69, 9.17) is 0 Å². The molecule has 2 aromatic heterocycles. The number of hydrogen-bond acceptors (Lipinski definition) is 3. The third-order valence-electron chi connectivity index (χ3n) is 3.52. The van der Waals surface area contributed by atoms with E-state index >= 15 is 0 Å². The molecule has 0 bridgehead atoms. The Morgan fingerprint density at radius 3 is 2.68 bits per heavy atom. The number of aliphatic carboxylic acids is 1. The number of carboxylic acid groups (broad SMARTS) is 1. The van der Waals surface area contributed by atoms with Crippen molar-refractivity contribution in [3.8, 4) is 0 Å². The minimum absolute atomic E-state index is 0.199. The Labute approximate surface area is 129 Å². The summed E-state index contributed by atoms with van der Waals surface area (Å²) in [6, 6.07) is 4.58. The Morgan fingerprint density at radius 2 is 2.09 bits per heavy atom. The fourth-order valence-electron chi connectivity index (χ4n) is 2.42. The lowest BCUT2D eigenvalue weighted by Crippen LogP contribution is -2.44. The molecule has 0 radical (unpaired) electrons. The maximum Gasteiger partial charge on any atom is 0.326 e. The molecule has 22 heavy (non-hydrogen) atoms. The van der Waals surface area contributed by atoms with Crippen molar-refractivity contribution in [1.82, 2.24) is 14.7 Å². The van der Waals surface area contributed by atoms with E-state index in [1.54, 1.807) is 24.4 Å². The Bertz CT molecular complexity index is 691. The first-order chi connectivity index (χ1) is 10.5. The molecule has 1 unspecified atom stereocenters. The Hall–Kier alpha value is -2.37. The van der Waals surface area contributed by atoms with Gasteiger partial charge in [0.1, 0.15) is 17.4 Å². The predicted molar refractivity (Wildman–Crippen MR) is 82.9 cm³/mol. The predicted octanol–water partition coefficient (Wildman–Crippen LogP) is 2.13. The number of carbonyl (C=O) groups is 2. The number of pyridine rings is 1. The number of nitrogens with one attached hydrogen (secondary N) is 1. The van der Waals surface area contributed by atoms with Crippen molar-refractivity contribution >= 4 is 17.5 Å². The van der Waals surface area contributed by atoms with Gasteiger partial charge in [0.25, 0.3) is 5.91 Å².